The first-order valence-electron chi connectivity index (χ1n) is 6.79. The Labute approximate surface area is 129 Å². The van der Waals surface area contributed by atoms with Crippen LogP contribution in [0.2, 0.25) is 0 Å². The van der Waals surface area contributed by atoms with Crippen molar-refractivity contribution >= 4 is 22.8 Å². The maximum Gasteiger partial charge on any atom is 0.416 e. The Morgan fingerprint density at radius 2 is 1.74 bits per heavy atom. The second kappa shape index (κ2) is 5.42. The molecule has 3 aromatic rings. The SMILES string of the molecule is Cc1nc2ccccc2n1C(=O)Nc1ccc(C(F)(F)F)cc1. The lowest BCUT2D eigenvalue weighted by atomic mass is 10.2. The number of rotatable bonds is 1. The molecule has 1 N–H and O–H groups in total. The fraction of sp³-hybridized carbons (Fsp3) is 0.125. The molecular formula is C16H12F3N3O. The van der Waals surface area contributed by atoms with E-state index in [1.165, 1.54) is 16.7 Å². The van der Waals surface area contributed by atoms with Crippen molar-refractivity contribution in [2.75, 3.05) is 5.32 Å². The van der Waals surface area contributed by atoms with Gasteiger partial charge in [0.2, 0.25) is 0 Å². The molecule has 4 nitrogen and oxygen atoms in total. The van der Waals surface area contributed by atoms with Crippen LogP contribution in [0, 0.1) is 6.92 Å². The summed E-state index contributed by atoms with van der Waals surface area (Å²) in [5.41, 5.74) is 0.821. The van der Waals surface area contributed by atoms with Gasteiger partial charge in [0.05, 0.1) is 16.6 Å². The Bertz CT molecular complexity index is 866. The summed E-state index contributed by atoms with van der Waals surface area (Å²) in [5, 5.41) is 2.57. The highest BCUT2D eigenvalue weighted by Crippen LogP contribution is 2.29. The Balaban J connectivity index is 1.88. The minimum absolute atomic E-state index is 0.278. The highest BCUT2D eigenvalue weighted by Gasteiger charge is 2.30. The molecule has 0 spiro atoms. The van der Waals surface area contributed by atoms with Crippen molar-refractivity contribution in [3.05, 3.63) is 59.9 Å². The largest absolute Gasteiger partial charge is 0.416 e. The first kappa shape index (κ1) is 15.1. The molecule has 0 aliphatic carbocycles. The zero-order valence-corrected chi connectivity index (χ0v) is 12.1. The van der Waals surface area contributed by atoms with E-state index in [2.05, 4.69) is 10.3 Å². The number of hydrogen-bond donors (Lipinski definition) is 1. The fourth-order valence-electron chi connectivity index (χ4n) is 2.32. The minimum Gasteiger partial charge on any atom is -0.307 e. The summed E-state index contributed by atoms with van der Waals surface area (Å²) in [4.78, 5) is 16.7. The number of nitrogens with one attached hydrogen (secondary N) is 1. The molecule has 0 bridgehead atoms. The number of alkyl halides is 3. The van der Waals surface area contributed by atoms with Crippen LogP contribution < -0.4 is 5.32 Å². The average molecular weight is 319 g/mol. The molecule has 0 unspecified atom stereocenters. The summed E-state index contributed by atoms with van der Waals surface area (Å²) in [6.45, 7) is 1.69. The third-order valence-corrected chi connectivity index (χ3v) is 3.40. The van der Waals surface area contributed by atoms with Crippen LogP contribution >= 0.6 is 0 Å². The van der Waals surface area contributed by atoms with Crippen molar-refractivity contribution in [1.82, 2.24) is 9.55 Å². The molecule has 1 amide bonds. The maximum atomic E-state index is 12.5. The molecule has 0 atom stereocenters. The van der Waals surface area contributed by atoms with Crippen molar-refractivity contribution in [1.29, 1.82) is 0 Å². The molecule has 23 heavy (non-hydrogen) atoms. The zero-order valence-electron chi connectivity index (χ0n) is 12.1. The monoisotopic (exact) mass is 319 g/mol. The quantitative estimate of drug-likeness (QED) is 0.720. The van der Waals surface area contributed by atoms with Crippen LogP contribution in [-0.4, -0.2) is 15.6 Å². The number of carbonyl (C=O) groups excluding carboxylic acids is 1. The first-order valence-corrected chi connectivity index (χ1v) is 6.79. The Morgan fingerprint density at radius 1 is 1.09 bits per heavy atom. The van der Waals surface area contributed by atoms with Crippen LogP contribution in [0.1, 0.15) is 11.4 Å². The number of aryl methyl sites for hydroxylation is 1. The molecule has 1 heterocycles. The number of nitrogens with zero attached hydrogens (tertiary/aromatic N) is 2. The van der Waals surface area contributed by atoms with Crippen LogP contribution in [0.4, 0.5) is 23.7 Å². The average Bonchev–Trinajstić information content (AvgIpc) is 2.82. The number of halogens is 3. The predicted molar refractivity (Wildman–Crippen MR) is 80.3 cm³/mol. The molecule has 0 saturated heterocycles. The van der Waals surface area contributed by atoms with Gasteiger partial charge in [-0.2, -0.15) is 13.2 Å². The smallest absolute Gasteiger partial charge is 0.307 e. The third-order valence-electron chi connectivity index (χ3n) is 3.40. The van der Waals surface area contributed by atoms with E-state index in [0.29, 0.717) is 16.9 Å². The van der Waals surface area contributed by atoms with Gasteiger partial charge >= 0.3 is 12.2 Å². The molecule has 3 rings (SSSR count). The van der Waals surface area contributed by atoms with Crippen molar-refractivity contribution in [3.8, 4) is 0 Å². The van der Waals surface area contributed by atoms with E-state index in [4.69, 9.17) is 0 Å². The lowest BCUT2D eigenvalue weighted by molar-refractivity contribution is -0.137. The molecule has 118 valence electrons. The number of aromatic nitrogens is 2. The molecule has 0 saturated carbocycles. The van der Waals surface area contributed by atoms with E-state index < -0.39 is 17.8 Å². The molecule has 0 fully saturated rings. The van der Waals surface area contributed by atoms with Crippen molar-refractivity contribution < 1.29 is 18.0 Å². The summed E-state index contributed by atoms with van der Waals surface area (Å²) < 4.78 is 39.0. The number of fused-ring (bicyclic) bond motifs is 1. The van der Waals surface area contributed by atoms with Crippen LogP contribution in [0.25, 0.3) is 11.0 Å². The van der Waals surface area contributed by atoms with Gasteiger partial charge in [-0.05, 0) is 43.3 Å². The van der Waals surface area contributed by atoms with E-state index >= 15 is 0 Å². The first-order chi connectivity index (χ1) is 10.9. The highest BCUT2D eigenvalue weighted by molar-refractivity contribution is 5.97. The van der Waals surface area contributed by atoms with Crippen molar-refractivity contribution in [2.24, 2.45) is 0 Å². The maximum absolute atomic E-state index is 12.5. The topological polar surface area (TPSA) is 46.9 Å². The van der Waals surface area contributed by atoms with Crippen LogP contribution in [0.5, 0.6) is 0 Å². The fourth-order valence-corrected chi connectivity index (χ4v) is 2.32. The lowest BCUT2D eigenvalue weighted by Crippen LogP contribution is -2.20. The van der Waals surface area contributed by atoms with Gasteiger partial charge in [-0.3, -0.25) is 0 Å². The van der Waals surface area contributed by atoms with Crippen molar-refractivity contribution in [2.45, 2.75) is 13.1 Å². The van der Waals surface area contributed by atoms with Crippen LogP contribution in [-0.2, 0) is 6.18 Å². The molecule has 1 aromatic heterocycles. The summed E-state index contributed by atoms with van der Waals surface area (Å²) in [7, 11) is 0. The number of benzene rings is 2. The molecule has 0 aliphatic heterocycles. The van der Waals surface area contributed by atoms with E-state index in [1.807, 2.05) is 6.07 Å². The summed E-state index contributed by atoms with van der Waals surface area (Å²) in [5.74, 6) is 0.496. The van der Waals surface area contributed by atoms with Gasteiger partial charge in [0.25, 0.3) is 0 Å². The van der Waals surface area contributed by atoms with E-state index in [-0.39, 0.29) is 5.69 Å². The Hall–Kier alpha value is -2.83. The van der Waals surface area contributed by atoms with Crippen LogP contribution in [0.15, 0.2) is 48.5 Å². The van der Waals surface area contributed by atoms with Gasteiger partial charge in [-0.25, -0.2) is 14.3 Å². The molecule has 0 aliphatic rings. The third kappa shape index (κ3) is 2.90. The van der Waals surface area contributed by atoms with Gasteiger partial charge in [-0.15, -0.1) is 0 Å². The van der Waals surface area contributed by atoms with E-state index in [0.717, 1.165) is 12.1 Å². The predicted octanol–water partition coefficient (Wildman–Crippen LogP) is 4.44. The minimum atomic E-state index is -4.40. The van der Waals surface area contributed by atoms with E-state index in [1.54, 1.807) is 25.1 Å². The van der Waals surface area contributed by atoms with Gasteiger partial charge in [-0.1, -0.05) is 12.1 Å². The van der Waals surface area contributed by atoms with Gasteiger partial charge < -0.3 is 5.32 Å². The second-order valence-electron chi connectivity index (χ2n) is 4.99. The lowest BCUT2D eigenvalue weighted by Gasteiger charge is -2.10. The molecule has 7 heteroatoms. The highest BCUT2D eigenvalue weighted by atomic mass is 19.4. The second-order valence-corrected chi connectivity index (χ2v) is 4.99. The molecule has 0 radical (unpaired) electrons. The standard InChI is InChI=1S/C16H12F3N3O/c1-10-20-13-4-2-3-5-14(13)22(10)15(23)21-12-8-6-11(7-9-12)16(17,18)19/h2-9H,1H3,(H,21,23). The number of para-hydroxylation sites is 2. The van der Waals surface area contributed by atoms with Gasteiger partial charge in [0.1, 0.15) is 5.82 Å². The normalized spacial score (nSPS) is 11.7. The Morgan fingerprint density at radius 3 is 2.39 bits per heavy atom. The molecular weight excluding hydrogens is 307 g/mol. The van der Waals surface area contributed by atoms with Crippen molar-refractivity contribution in [3.63, 3.8) is 0 Å². The molecule has 2 aromatic carbocycles. The zero-order chi connectivity index (χ0) is 16.6. The van der Waals surface area contributed by atoms with Gasteiger partial charge in [0.15, 0.2) is 0 Å². The summed E-state index contributed by atoms with van der Waals surface area (Å²) in [6, 6.07) is 10.9. The van der Waals surface area contributed by atoms with E-state index in [9.17, 15) is 18.0 Å². The summed E-state index contributed by atoms with van der Waals surface area (Å²) >= 11 is 0. The Kier molecular flexibility index (Phi) is 3.55. The number of hydrogen-bond acceptors (Lipinski definition) is 2. The number of imidazole rings is 1. The van der Waals surface area contributed by atoms with Gasteiger partial charge in [0, 0.05) is 5.69 Å². The number of carbonyl (C=O) groups is 1. The summed E-state index contributed by atoms with van der Waals surface area (Å²) in [6.07, 6.45) is -4.40. The number of anilines is 1. The number of amides is 1. The van der Waals surface area contributed by atoms with Crippen LogP contribution in [0.3, 0.4) is 0 Å².